The highest BCUT2D eigenvalue weighted by molar-refractivity contribution is 5.77. The average molecular weight is 240 g/mol. The largest absolute Gasteiger partial charge is 0.362 e. The van der Waals surface area contributed by atoms with Gasteiger partial charge in [0, 0.05) is 11.9 Å². The molecule has 0 atom stereocenters. The molecule has 8 heteroatoms. The number of pyridine rings is 1. The van der Waals surface area contributed by atoms with Crippen LogP contribution in [0.3, 0.4) is 0 Å². The molecular formula is C9H14N5O3+. The van der Waals surface area contributed by atoms with Crippen LogP contribution in [0.2, 0.25) is 0 Å². The lowest BCUT2D eigenvalue weighted by atomic mass is 10.2. The van der Waals surface area contributed by atoms with E-state index >= 15 is 0 Å². The molecule has 0 radical (unpaired) electrons. The fourth-order valence-corrected chi connectivity index (χ4v) is 1.04. The predicted octanol–water partition coefficient (Wildman–Crippen LogP) is 0.0697. The number of nitrogens with zero attached hydrogens (tertiary/aromatic N) is 3. The summed E-state index contributed by atoms with van der Waals surface area (Å²) >= 11 is 0. The number of hydrogen-bond donors (Lipinski definition) is 3. The van der Waals surface area contributed by atoms with Crippen LogP contribution in [0, 0.1) is 11.8 Å². The van der Waals surface area contributed by atoms with E-state index in [0.717, 1.165) is 11.3 Å². The lowest BCUT2D eigenvalue weighted by molar-refractivity contribution is -0.822. The molecule has 1 aromatic rings. The first-order valence-corrected chi connectivity index (χ1v) is 4.79. The van der Waals surface area contributed by atoms with Crippen LogP contribution in [0.1, 0.15) is 11.3 Å². The Morgan fingerprint density at radius 3 is 2.94 bits per heavy atom. The highest BCUT2D eigenvalue weighted by Crippen LogP contribution is 2.00. The van der Waals surface area contributed by atoms with Crippen molar-refractivity contribution in [3.8, 4) is 0 Å². The molecule has 0 bridgehead atoms. The van der Waals surface area contributed by atoms with Gasteiger partial charge in [-0.1, -0.05) is 6.07 Å². The van der Waals surface area contributed by atoms with E-state index in [0.29, 0.717) is 6.54 Å². The first kappa shape index (κ1) is 12.8. The minimum Gasteiger partial charge on any atom is -0.277 e. The van der Waals surface area contributed by atoms with E-state index < -0.39 is 5.03 Å². The summed E-state index contributed by atoms with van der Waals surface area (Å²) < 4.78 is 0. The van der Waals surface area contributed by atoms with Crippen molar-refractivity contribution < 1.29 is 15.1 Å². The molecule has 1 rings (SSSR count). The third-order valence-electron chi connectivity index (χ3n) is 1.79. The molecular weight excluding hydrogens is 226 g/mol. The Bertz CT molecular complexity index is 404. The van der Waals surface area contributed by atoms with Crippen LogP contribution in [-0.4, -0.2) is 28.3 Å². The van der Waals surface area contributed by atoms with Gasteiger partial charge in [0.25, 0.3) is 5.96 Å². The van der Waals surface area contributed by atoms with E-state index in [2.05, 4.69) is 20.3 Å². The van der Waals surface area contributed by atoms with Crippen molar-refractivity contribution in [2.75, 3.05) is 7.11 Å². The fourth-order valence-electron chi connectivity index (χ4n) is 1.04. The van der Waals surface area contributed by atoms with E-state index in [-0.39, 0.29) is 5.96 Å². The second-order valence-corrected chi connectivity index (χ2v) is 3.16. The monoisotopic (exact) mass is 240 g/mol. The third-order valence-corrected chi connectivity index (χ3v) is 1.79. The molecule has 0 amide bonds. The molecule has 0 spiro atoms. The molecule has 0 unspecified atom stereocenters. The molecule has 8 nitrogen and oxygen atoms in total. The number of guanidine groups is 1. The predicted molar refractivity (Wildman–Crippen MR) is 58.8 cm³/mol. The van der Waals surface area contributed by atoms with Gasteiger partial charge in [-0.2, -0.15) is 0 Å². The molecule has 0 aliphatic rings. The van der Waals surface area contributed by atoms with Crippen LogP contribution >= 0.6 is 0 Å². The molecule has 0 fully saturated rings. The molecule has 0 aromatic carbocycles. The Morgan fingerprint density at radius 1 is 1.65 bits per heavy atom. The van der Waals surface area contributed by atoms with Gasteiger partial charge >= 0.3 is 5.03 Å². The van der Waals surface area contributed by atoms with Crippen LogP contribution in [0.25, 0.3) is 0 Å². The molecule has 0 aliphatic heterocycles. The Balaban J connectivity index is 2.64. The van der Waals surface area contributed by atoms with Crippen molar-refractivity contribution in [1.82, 2.24) is 15.9 Å². The Kier molecular flexibility index (Phi) is 4.82. The molecule has 1 heterocycles. The molecule has 0 aliphatic carbocycles. The first-order chi connectivity index (χ1) is 8.11. The number of aryl methyl sites for hydroxylation is 1. The van der Waals surface area contributed by atoms with Crippen molar-refractivity contribution in [3.05, 3.63) is 34.5 Å². The van der Waals surface area contributed by atoms with Gasteiger partial charge in [-0.05, 0) is 24.0 Å². The van der Waals surface area contributed by atoms with Crippen LogP contribution < -0.4 is 10.9 Å². The van der Waals surface area contributed by atoms with Crippen LogP contribution in [0.5, 0.6) is 0 Å². The van der Waals surface area contributed by atoms with Gasteiger partial charge in [-0.25, -0.2) is 15.7 Å². The maximum atomic E-state index is 10.4. The Morgan fingerprint density at radius 2 is 2.41 bits per heavy atom. The lowest BCUT2D eigenvalue weighted by Crippen LogP contribution is -2.40. The number of nitrogens with one attached hydrogen (secondary N) is 2. The van der Waals surface area contributed by atoms with Crippen LogP contribution in [-0.2, 0) is 11.4 Å². The highest BCUT2D eigenvalue weighted by Gasteiger charge is 2.08. The maximum Gasteiger partial charge on any atom is 0.362 e. The fraction of sp³-hybridized carbons (Fsp3) is 0.333. The third kappa shape index (κ3) is 4.89. The quantitative estimate of drug-likeness (QED) is 0.391. The van der Waals surface area contributed by atoms with Crippen LogP contribution in [0.15, 0.2) is 23.3 Å². The molecule has 0 saturated heterocycles. The zero-order chi connectivity index (χ0) is 12.7. The number of hydrogen-bond acceptors (Lipinski definition) is 4. The second kappa shape index (κ2) is 6.38. The topological polar surface area (TPSA) is 98.9 Å². The van der Waals surface area contributed by atoms with Gasteiger partial charge in [0.2, 0.25) is 0 Å². The van der Waals surface area contributed by atoms with Gasteiger partial charge in [-0.3, -0.25) is 9.82 Å². The number of hydrazine groups is 1. The van der Waals surface area contributed by atoms with Gasteiger partial charge in [-0.15, -0.1) is 0 Å². The zero-order valence-corrected chi connectivity index (χ0v) is 9.54. The van der Waals surface area contributed by atoms with Crippen molar-refractivity contribution in [1.29, 1.82) is 0 Å². The first-order valence-electron chi connectivity index (χ1n) is 4.79. The summed E-state index contributed by atoms with van der Waals surface area (Å²) in [5.41, 5.74) is 6.08. The normalized spacial score (nSPS) is 11.1. The summed E-state index contributed by atoms with van der Waals surface area (Å²) in [6.07, 6.45) is 1.68. The summed E-state index contributed by atoms with van der Waals surface area (Å²) in [7, 11) is 1.36. The summed E-state index contributed by atoms with van der Waals surface area (Å²) in [5.74, 6) is -0.00873. The molecule has 92 valence electrons. The van der Waals surface area contributed by atoms with E-state index in [4.69, 9.17) is 5.21 Å². The minimum atomic E-state index is -0.474. The number of hydroxylamine groups is 1. The van der Waals surface area contributed by atoms with Crippen molar-refractivity contribution in [2.45, 2.75) is 13.5 Å². The molecule has 0 saturated carbocycles. The lowest BCUT2D eigenvalue weighted by Gasteiger charge is -2.02. The number of rotatable bonds is 4. The SMILES string of the molecule is CONC(=NCc1ccc(C)nc1)N[N+](=O)O. The van der Waals surface area contributed by atoms with E-state index in [1.165, 1.54) is 7.11 Å². The molecule has 1 aromatic heterocycles. The average Bonchev–Trinajstić information content (AvgIpc) is 2.27. The maximum absolute atomic E-state index is 10.4. The van der Waals surface area contributed by atoms with Gasteiger partial charge in [0.15, 0.2) is 0 Å². The van der Waals surface area contributed by atoms with Gasteiger partial charge < -0.3 is 0 Å². The Labute approximate surface area is 97.8 Å². The van der Waals surface area contributed by atoms with E-state index in [9.17, 15) is 4.91 Å². The highest BCUT2D eigenvalue weighted by atomic mass is 16.7. The molecule has 3 N–H and O–H groups in total. The number of aromatic nitrogens is 1. The summed E-state index contributed by atoms with van der Waals surface area (Å²) in [5, 5.41) is 7.99. The zero-order valence-electron chi connectivity index (χ0n) is 9.54. The second-order valence-electron chi connectivity index (χ2n) is 3.16. The van der Waals surface area contributed by atoms with Crippen molar-refractivity contribution in [2.24, 2.45) is 4.99 Å². The summed E-state index contributed by atoms with van der Waals surface area (Å²) in [4.78, 5) is 23.0. The standard InChI is InChI=1S/C9H14N5O3/c1-7-3-4-8(5-10-7)6-11-9(13-17-2)12-14(15)16/h3-5H,6H2,1-2H3,(H,15,16)(H2,11,12,13)/q+1. The van der Waals surface area contributed by atoms with Crippen LogP contribution in [0.4, 0.5) is 0 Å². The minimum absolute atomic E-state index is 0.00873. The number of aliphatic imine (C=N–C) groups is 1. The van der Waals surface area contributed by atoms with E-state index in [1.54, 1.807) is 6.20 Å². The van der Waals surface area contributed by atoms with Crippen molar-refractivity contribution in [3.63, 3.8) is 0 Å². The Hall–Kier alpha value is -2.22. The molecule has 17 heavy (non-hydrogen) atoms. The summed E-state index contributed by atoms with van der Waals surface area (Å²) in [6.45, 7) is 2.17. The van der Waals surface area contributed by atoms with E-state index in [1.807, 2.05) is 24.5 Å². The summed E-state index contributed by atoms with van der Waals surface area (Å²) in [6, 6.07) is 3.72. The van der Waals surface area contributed by atoms with Gasteiger partial charge in [0.1, 0.15) is 4.91 Å². The van der Waals surface area contributed by atoms with Gasteiger partial charge in [0.05, 0.1) is 13.7 Å². The van der Waals surface area contributed by atoms with Crippen molar-refractivity contribution >= 4 is 5.96 Å². The smallest absolute Gasteiger partial charge is 0.277 e.